The zero-order valence-corrected chi connectivity index (χ0v) is 14.3. The maximum absolute atomic E-state index is 5.77. The Hall–Kier alpha value is -2.34. The summed E-state index contributed by atoms with van der Waals surface area (Å²) in [4.78, 5) is 4.35. The van der Waals surface area contributed by atoms with Crippen molar-refractivity contribution in [3.63, 3.8) is 0 Å². The normalized spacial score (nSPS) is 11.4. The first kappa shape index (κ1) is 17.0. The third-order valence-corrected chi connectivity index (χ3v) is 3.29. The van der Waals surface area contributed by atoms with Crippen LogP contribution in [0.4, 0.5) is 5.82 Å². The molecule has 0 saturated carbocycles. The molecule has 6 heteroatoms. The van der Waals surface area contributed by atoms with Gasteiger partial charge in [0.05, 0.1) is 13.2 Å². The number of aromatic nitrogens is 1. The minimum atomic E-state index is 0.0321. The van der Waals surface area contributed by atoms with Gasteiger partial charge in [-0.05, 0) is 50.3 Å². The molecule has 0 spiro atoms. The number of benzene rings is 1. The molecule has 0 radical (unpaired) electrons. The number of rotatable bonds is 6. The van der Waals surface area contributed by atoms with E-state index in [0.717, 1.165) is 11.5 Å². The maximum atomic E-state index is 5.77. The summed E-state index contributed by atoms with van der Waals surface area (Å²) in [6, 6.07) is 13.3. The molecule has 0 aliphatic carbocycles. The second-order valence-corrected chi connectivity index (χ2v) is 5.53. The van der Waals surface area contributed by atoms with Crippen molar-refractivity contribution in [3.8, 4) is 11.5 Å². The number of methoxy groups -OCH3 is 1. The number of hydrogen-bond donors (Lipinski definition) is 2. The molecule has 1 aromatic carbocycles. The summed E-state index contributed by atoms with van der Waals surface area (Å²) in [6.45, 7) is 4.39. The molecule has 0 fully saturated rings. The van der Waals surface area contributed by atoms with E-state index in [1.54, 1.807) is 7.11 Å². The summed E-state index contributed by atoms with van der Waals surface area (Å²) in [5.74, 6) is 2.15. The molecule has 2 aromatic rings. The van der Waals surface area contributed by atoms with E-state index in [1.165, 1.54) is 0 Å². The maximum Gasteiger partial charge on any atom is 0.172 e. The molecule has 0 saturated heterocycles. The van der Waals surface area contributed by atoms with E-state index in [0.29, 0.717) is 23.2 Å². The molecule has 1 aromatic heterocycles. The van der Waals surface area contributed by atoms with E-state index in [2.05, 4.69) is 15.6 Å². The molecule has 1 heterocycles. The summed E-state index contributed by atoms with van der Waals surface area (Å²) in [7, 11) is 1.62. The van der Waals surface area contributed by atoms with Crippen LogP contribution in [0.1, 0.15) is 12.6 Å². The lowest BCUT2D eigenvalue weighted by molar-refractivity contribution is 0.270. The van der Waals surface area contributed by atoms with Crippen molar-refractivity contribution in [1.82, 2.24) is 10.3 Å². The fraction of sp³-hybridized carbons (Fsp3) is 0.294. The highest BCUT2D eigenvalue weighted by atomic mass is 32.1. The molecule has 2 N–H and O–H groups in total. The second kappa shape index (κ2) is 8.33. The van der Waals surface area contributed by atoms with Crippen molar-refractivity contribution in [2.24, 2.45) is 0 Å². The van der Waals surface area contributed by atoms with Crippen LogP contribution in [-0.2, 0) is 0 Å². The second-order valence-electron chi connectivity index (χ2n) is 5.13. The Morgan fingerprint density at radius 2 is 1.91 bits per heavy atom. The standard InChI is InChI=1S/C17H21N3O2S/c1-12-7-6-10-16(18-12)20-17(23)19-13(2)11-22-15-9-5-4-8-14(15)21-3/h4-10,13H,11H2,1-3H3,(H2,18,19,20,23)/t13-/m1/s1. The zero-order valence-electron chi connectivity index (χ0n) is 13.5. The molecule has 1 atom stereocenters. The van der Waals surface area contributed by atoms with Gasteiger partial charge in [0.25, 0.3) is 0 Å². The Morgan fingerprint density at radius 3 is 2.61 bits per heavy atom. The first-order valence-electron chi connectivity index (χ1n) is 7.35. The third kappa shape index (κ3) is 5.41. The van der Waals surface area contributed by atoms with E-state index in [9.17, 15) is 0 Å². The van der Waals surface area contributed by atoms with Crippen molar-refractivity contribution in [2.45, 2.75) is 19.9 Å². The van der Waals surface area contributed by atoms with Crippen molar-refractivity contribution in [1.29, 1.82) is 0 Å². The lowest BCUT2D eigenvalue weighted by Crippen LogP contribution is -2.39. The minimum absolute atomic E-state index is 0.0321. The zero-order chi connectivity index (χ0) is 16.7. The van der Waals surface area contributed by atoms with Crippen LogP contribution in [0.15, 0.2) is 42.5 Å². The van der Waals surface area contributed by atoms with Gasteiger partial charge in [-0.1, -0.05) is 18.2 Å². The van der Waals surface area contributed by atoms with Gasteiger partial charge >= 0.3 is 0 Å². The molecule has 0 bridgehead atoms. The van der Waals surface area contributed by atoms with Gasteiger partial charge in [-0.2, -0.15) is 0 Å². The molecule has 23 heavy (non-hydrogen) atoms. The predicted molar refractivity (Wildman–Crippen MR) is 96.3 cm³/mol. The van der Waals surface area contributed by atoms with Gasteiger partial charge in [0, 0.05) is 5.69 Å². The van der Waals surface area contributed by atoms with Crippen molar-refractivity contribution in [3.05, 3.63) is 48.2 Å². The monoisotopic (exact) mass is 331 g/mol. The average Bonchev–Trinajstić information content (AvgIpc) is 2.53. The number of para-hydroxylation sites is 2. The topological polar surface area (TPSA) is 55.4 Å². The van der Waals surface area contributed by atoms with Crippen LogP contribution in [0.25, 0.3) is 0 Å². The fourth-order valence-corrected chi connectivity index (χ4v) is 2.29. The van der Waals surface area contributed by atoms with Gasteiger partial charge in [0.2, 0.25) is 0 Å². The van der Waals surface area contributed by atoms with Gasteiger partial charge < -0.3 is 20.1 Å². The molecule has 2 rings (SSSR count). The Bertz CT molecular complexity index is 664. The summed E-state index contributed by atoms with van der Waals surface area (Å²) in [5.41, 5.74) is 0.936. The molecule has 0 aliphatic rings. The van der Waals surface area contributed by atoms with Crippen LogP contribution in [0, 0.1) is 6.92 Å². The number of thiocarbonyl (C=S) groups is 1. The highest BCUT2D eigenvalue weighted by molar-refractivity contribution is 7.80. The predicted octanol–water partition coefficient (Wildman–Crippen LogP) is 3.15. The van der Waals surface area contributed by atoms with Crippen LogP contribution in [-0.4, -0.2) is 29.9 Å². The molecule has 5 nitrogen and oxygen atoms in total. The number of aryl methyl sites for hydroxylation is 1. The summed E-state index contributed by atoms with van der Waals surface area (Å²) in [6.07, 6.45) is 0. The van der Waals surface area contributed by atoms with E-state index < -0.39 is 0 Å². The largest absolute Gasteiger partial charge is 0.493 e. The Morgan fingerprint density at radius 1 is 1.17 bits per heavy atom. The van der Waals surface area contributed by atoms with Gasteiger partial charge in [0.1, 0.15) is 12.4 Å². The molecular weight excluding hydrogens is 310 g/mol. The summed E-state index contributed by atoms with van der Waals surface area (Å²) < 4.78 is 11.0. The van der Waals surface area contributed by atoms with Gasteiger partial charge in [-0.3, -0.25) is 0 Å². The number of hydrogen-bond acceptors (Lipinski definition) is 4. The van der Waals surface area contributed by atoms with Crippen LogP contribution in [0.3, 0.4) is 0 Å². The minimum Gasteiger partial charge on any atom is -0.493 e. The molecule has 122 valence electrons. The molecular formula is C17H21N3O2S. The first-order chi connectivity index (χ1) is 11.1. The van der Waals surface area contributed by atoms with Crippen LogP contribution >= 0.6 is 12.2 Å². The van der Waals surface area contributed by atoms with E-state index in [1.807, 2.05) is 56.3 Å². The van der Waals surface area contributed by atoms with Crippen LogP contribution in [0.5, 0.6) is 11.5 Å². The van der Waals surface area contributed by atoms with E-state index in [4.69, 9.17) is 21.7 Å². The lowest BCUT2D eigenvalue weighted by atomic mass is 10.3. The quantitative estimate of drug-likeness (QED) is 0.793. The summed E-state index contributed by atoms with van der Waals surface area (Å²) in [5, 5.41) is 6.75. The average molecular weight is 331 g/mol. The van der Waals surface area contributed by atoms with Crippen LogP contribution < -0.4 is 20.1 Å². The van der Waals surface area contributed by atoms with Crippen LogP contribution in [0.2, 0.25) is 0 Å². The van der Waals surface area contributed by atoms with Crippen molar-refractivity contribution < 1.29 is 9.47 Å². The number of nitrogens with zero attached hydrogens (tertiary/aromatic N) is 1. The smallest absolute Gasteiger partial charge is 0.172 e. The van der Waals surface area contributed by atoms with Gasteiger partial charge in [-0.15, -0.1) is 0 Å². The van der Waals surface area contributed by atoms with Crippen molar-refractivity contribution in [2.75, 3.05) is 19.0 Å². The number of ether oxygens (including phenoxy) is 2. The number of anilines is 1. The van der Waals surface area contributed by atoms with Gasteiger partial charge in [0.15, 0.2) is 16.6 Å². The highest BCUT2D eigenvalue weighted by Crippen LogP contribution is 2.25. The van der Waals surface area contributed by atoms with Gasteiger partial charge in [-0.25, -0.2) is 4.98 Å². The molecule has 0 amide bonds. The summed E-state index contributed by atoms with van der Waals surface area (Å²) >= 11 is 5.29. The Kier molecular flexibility index (Phi) is 6.17. The molecule has 0 aliphatic heterocycles. The lowest BCUT2D eigenvalue weighted by Gasteiger charge is -2.18. The van der Waals surface area contributed by atoms with E-state index >= 15 is 0 Å². The Labute approximate surface area is 142 Å². The third-order valence-electron chi connectivity index (χ3n) is 3.07. The first-order valence-corrected chi connectivity index (χ1v) is 7.76. The number of nitrogens with one attached hydrogen (secondary N) is 2. The fourth-order valence-electron chi connectivity index (χ4n) is 1.98. The highest BCUT2D eigenvalue weighted by Gasteiger charge is 2.08. The van der Waals surface area contributed by atoms with Crippen molar-refractivity contribution >= 4 is 23.1 Å². The molecule has 0 unspecified atom stereocenters. The number of pyridine rings is 1. The van der Waals surface area contributed by atoms with E-state index in [-0.39, 0.29) is 6.04 Å². The Balaban J connectivity index is 1.82. The SMILES string of the molecule is COc1ccccc1OC[C@@H](C)NC(=S)Nc1cccc(C)n1.